The van der Waals surface area contributed by atoms with Crippen molar-refractivity contribution < 1.29 is 8.42 Å². The average Bonchev–Trinajstić information content (AvgIpc) is 2.26. The number of nitrogens with two attached hydrogens (primary N) is 1. The maximum atomic E-state index is 11.5. The zero-order valence-corrected chi connectivity index (χ0v) is 11.2. The van der Waals surface area contributed by atoms with E-state index in [4.69, 9.17) is 5.73 Å². The lowest BCUT2D eigenvalue weighted by Crippen LogP contribution is -2.50. The molecule has 2 atom stereocenters. The van der Waals surface area contributed by atoms with Crippen LogP contribution in [-0.2, 0) is 9.84 Å². The van der Waals surface area contributed by atoms with Crippen LogP contribution in [0.2, 0.25) is 0 Å². The Morgan fingerprint density at radius 2 is 2.12 bits per heavy atom. The molecule has 1 aliphatic heterocycles. The lowest BCUT2D eigenvalue weighted by Gasteiger charge is -2.39. The van der Waals surface area contributed by atoms with E-state index in [2.05, 4.69) is 11.8 Å². The lowest BCUT2D eigenvalue weighted by atomic mass is 9.91. The molecule has 0 saturated carbocycles. The van der Waals surface area contributed by atoms with Gasteiger partial charge in [-0.05, 0) is 25.3 Å². The predicted molar refractivity (Wildman–Crippen MR) is 67.1 cm³/mol. The summed E-state index contributed by atoms with van der Waals surface area (Å²) in [5.41, 5.74) is 5.76. The Bertz CT molecular complexity index is 303. The zero-order chi connectivity index (χ0) is 12.2. The van der Waals surface area contributed by atoms with Crippen molar-refractivity contribution in [2.45, 2.75) is 32.7 Å². The Morgan fingerprint density at radius 3 is 2.69 bits per heavy atom. The van der Waals surface area contributed by atoms with Crippen molar-refractivity contribution in [1.82, 2.24) is 4.90 Å². The minimum Gasteiger partial charge on any atom is -0.329 e. The van der Waals surface area contributed by atoms with Gasteiger partial charge in [-0.2, -0.15) is 0 Å². The Balaban J connectivity index is 2.52. The number of sulfone groups is 1. The van der Waals surface area contributed by atoms with Crippen molar-refractivity contribution >= 4 is 9.84 Å². The van der Waals surface area contributed by atoms with Crippen LogP contribution in [0.15, 0.2) is 0 Å². The molecule has 0 aliphatic carbocycles. The maximum absolute atomic E-state index is 11.5. The fourth-order valence-corrected chi connectivity index (χ4v) is 3.20. The van der Waals surface area contributed by atoms with Gasteiger partial charge in [0.15, 0.2) is 9.84 Å². The molecule has 2 unspecified atom stereocenters. The van der Waals surface area contributed by atoms with Crippen LogP contribution in [0.3, 0.4) is 0 Å². The number of likely N-dealkylation sites (tertiary alicyclic amines) is 1. The fourth-order valence-electron chi connectivity index (χ4n) is 2.39. The lowest BCUT2D eigenvalue weighted by molar-refractivity contribution is 0.113. The Morgan fingerprint density at radius 1 is 1.44 bits per heavy atom. The van der Waals surface area contributed by atoms with Gasteiger partial charge in [0.25, 0.3) is 0 Å². The third kappa shape index (κ3) is 3.71. The van der Waals surface area contributed by atoms with E-state index < -0.39 is 9.84 Å². The van der Waals surface area contributed by atoms with E-state index in [0.717, 1.165) is 13.0 Å². The second kappa shape index (κ2) is 5.98. The largest absolute Gasteiger partial charge is 0.329 e. The molecular weight excluding hydrogens is 224 g/mol. The van der Waals surface area contributed by atoms with Gasteiger partial charge in [-0.3, -0.25) is 4.90 Å². The number of nitrogens with zero attached hydrogens (tertiary/aromatic N) is 1. The van der Waals surface area contributed by atoms with Crippen LogP contribution in [0.4, 0.5) is 0 Å². The molecule has 0 aromatic rings. The van der Waals surface area contributed by atoms with Crippen LogP contribution in [-0.4, -0.2) is 50.5 Å². The van der Waals surface area contributed by atoms with E-state index in [1.165, 1.54) is 6.42 Å². The SMILES string of the molecule is CCS(=O)(=O)CCN1CCCC(C)C1CN. The highest BCUT2D eigenvalue weighted by Crippen LogP contribution is 2.22. The van der Waals surface area contributed by atoms with Gasteiger partial charge in [0.1, 0.15) is 0 Å². The molecule has 0 bridgehead atoms. The van der Waals surface area contributed by atoms with Crippen LogP contribution in [0.1, 0.15) is 26.7 Å². The van der Waals surface area contributed by atoms with E-state index in [-0.39, 0.29) is 11.5 Å². The van der Waals surface area contributed by atoms with Crippen LogP contribution < -0.4 is 5.73 Å². The summed E-state index contributed by atoms with van der Waals surface area (Å²) < 4.78 is 22.9. The minimum atomic E-state index is -2.85. The summed E-state index contributed by atoms with van der Waals surface area (Å²) in [5.74, 6) is 1.10. The van der Waals surface area contributed by atoms with E-state index in [0.29, 0.717) is 25.0 Å². The first-order valence-electron chi connectivity index (χ1n) is 6.14. The third-order valence-electron chi connectivity index (χ3n) is 3.60. The minimum absolute atomic E-state index is 0.240. The zero-order valence-electron chi connectivity index (χ0n) is 10.4. The van der Waals surface area contributed by atoms with Crippen molar-refractivity contribution in [2.24, 2.45) is 11.7 Å². The van der Waals surface area contributed by atoms with E-state index in [9.17, 15) is 8.42 Å². The molecule has 2 N–H and O–H groups in total. The summed E-state index contributed by atoms with van der Waals surface area (Å²) in [6, 6.07) is 0.362. The van der Waals surface area contributed by atoms with Gasteiger partial charge >= 0.3 is 0 Å². The molecule has 0 aromatic carbocycles. The van der Waals surface area contributed by atoms with Crippen LogP contribution in [0.5, 0.6) is 0 Å². The molecule has 96 valence electrons. The first-order valence-corrected chi connectivity index (χ1v) is 7.97. The molecule has 0 amide bonds. The van der Waals surface area contributed by atoms with Crippen molar-refractivity contribution in [2.75, 3.05) is 31.1 Å². The summed E-state index contributed by atoms with van der Waals surface area (Å²) in [7, 11) is -2.85. The topological polar surface area (TPSA) is 63.4 Å². The second-order valence-electron chi connectivity index (χ2n) is 4.69. The first-order chi connectivity index (χ1) is 7.50. The summed E-state index contributed by atoms with van der Waals surface area (Å²) in [4.78, 5) is 2.25. The van der Waals surface area contributed by atoms with Gasteiger partial charge in [0.05, 0.1) is 5.75 Å². The summed E-state index contributed by atoms with van der Waals surface area (Å²) in [6.07, 6.45) is 2.36. The Hall–Kier alpha value is -0.130. The van der Waals surface area contributed by atoms with Crippen molar-refractivity contribution in [3.8, 4) is 0 Å². The molecule has 1 saturated heterocycles. The van der Waals surface area contributed by atoms with Crippen molar-refractivity contribution in [1.29, 1.82) is 0 Å². The van der Waals surface area contributed by atoms with E-state index >= 15 is 0 Å². The van der Waals surface area contributed by atoms with Gasteiger partial charge < -0.3 is 5.73 Å². The predicted octanol–water partition coefficient (Wildman–Crippen LogP) is 0.480. The molecule has 0 spiro atoms. The smallest absolute Gasteiger partial charge is 0.151 e. The van der Waals surface area contributed by atoms with Crippen molar-refractivity contribution in [3.05, 3.63) is 0 Å². The van der Waals surface area contributed by atoms with Crippen LogP contribution in [0, 0.1) is 5.92 Å². The number of rotatable bonds is 5. The van der Waals surface area contributed by atoms with E-state index in [1.807, 2.05) is 0 Å². The highest BCUT2D eigenvalue weighted by Gasteiger charge is 2.27. The molecular formula is C11H24N2O2S. The normalized spacial score (nSPS) is 28.2. The van der Waals surface area contributed by atoms with E-state index in [1.54, 1.807) is 6.92 Å². The summed E-state index contributed by atoms with van der Waals surface area (Å²) in [6.45, 7) is 6.17. The summed E-state index contributed by atoms with van der Waals surface area (Å²) in [5, 5.41) is 0. The maximum Gasteiger partial charge on any atom is 0.151 e. The summed E-state index contributed by atoms with van der Waals surface area (Å²) >= 11 is 0. The molecule has 5 heteroatoms. The molecule has 1 heterocycles. The third-order valence-corrected chi connectivity index (χ3v) is 5.29. The highest BCUT2D eigenvalue weighted by atomic mass is 32.2. The second-order valence-corrected chi connectivity index (χ2v) is 7.17. The van der Waals surface area contributed by atoms with Crippen LogP contribution >= 0.6 is 0 Å². The number of hydrogen-bond donors (Lipinski definition) is 1. The van der Waals surface area contributed by atoms with Gasteiger partial charge in [0.2, 0.25) is 0 Å². The first kappa shape index (κ1) is 13.9. The van der Waals surface area contributed by atoms with Gasteiger partial charge in [0, 0.05) is 24.9 Å². The Labute approximate surface area is 99.1 Å². The number of piperidine rings is 1. The van der Waals surface area contributed by atoms with Gasteiger partial charge in [-0.15, -0.1) is 0 Å². The molecule has 0 aromatic heterocycles. The van der Waals surface area contributed by atoms with Gasteiger partial charge in [-0.1, -0.05) is 13.8 Å². The molecule has 4 nitrogen and oxygen atoms in total. The highest BCUT2D eigenvalue weighted by molar-refractivity contribution is 7.91. The fraction of sp³-hybridized carbons (Fsp3) is 1.00. The van der Waals surface area contributed by atoms with Crippen LogP contribution in [0.25, 0.3) is 0 Å². The molecule has 1 fully saturated rings. The standard InChI is InChI=1S/C11H24N2O2S/c1-3-16(14,15)8-7-13-6-4-5-10(2)11(13)9-12/h10-11H,3-9,12H2,1-2H3. The molecule has 0 radical (unpaired) electrons. The molecule has 16 heavy (non-hydrogen) atoms. The van der Waals surface area contributed by atoms with Gasteiger partial charge in [-0.25, -0.2) is 8.42 Å². The monoisotopic (exact) mass is 248 g/mol. The van der Waals surface area contributed by atoms with Crippen molar-refractivity contribution in [3.63, 3.8) is 0 Å². The quantitative estimate of drug-likeness (QED) is 0.768. The number of hydrogen-bond acceptors (Lipinski definition) is 4. The molecule has 1 rings (SSSR count). The molecule has 1 aliphatic rings. The Kier molecular flexibility index (Phi) is 5.21. The average molecular weight is 248 g/mol.